The minimum atomic E-state index is -1.73. The second kappa shape index (κ2) is 8.17. The Hall–Kier alpha value is -1.62. The van der Waals surface area contributed by atoms with Gasteiger partial charge in [-0.2, -0.15) is 0 Å². The average molecular weight is 402 g/mol. The molecule has 132 valence electrons. The Morgan fingerprint density at radius 2 is 1.76 bits per heavy atom. The highest BCUT2D eigenvalue weighted by Crippen LogP contribution is 2.40. The number of carboxylic acids is 1. The molecule has 1 N–H and O–H groups in total. The number of alkyl halides is 3. The predicted molar refractivity (Wildman–Crippen MR) is 97.8 cm³/mol. The molecule has 0 amide bonds. The molecule has 0 saturated carbocycles. The second-order valence-corrected chi connectivity index (χ2v) is 8.22. The summed E-state index contributed by atoms with van der Waals surface area (Å²) in [5, 5.41) is 9.12. The van der Waals surface area contributed by atoms with Crippen molar-refractivity contribution in [3.63, 3.8) is 0 Å². The van der Waals surface area contributed by atoms with Crippen LogP contribution in [-0.4, -0.2) is 26.4 Å². The monoisotopic (exact) mass is 400 g/mol. The number of Topliss-reactive ketones (excluding diaryl/α,β-unsaturated/α-hetero) is 2. The first-order valence-corrected chi connectivity index (χ1v) is 8.63. The number of allylic oxidation sites excluding steroid dienone is 3. The summed E-state index contributed by atoms with van der Waals surface area (Å²) in [6.45, 7) is 0. The molecule has 25 heavy (non-hydrogen) atoms. The molecule has 0 heterocycles. The third-order valence-corrected chi connectivity index (χ3v) is 4.22. The minimum Gasteiger partial charge on any atom is -0.481 e. The Balaban J connectivity index is 2.43. The number of ketones is 2. The van der Waals surface area contributed by atoms with Crippen LogP contribution in [0.5, 0.6) is 0 Å². The van der Waals surface area contributed by atoms with E-state index in [1.165, 1.54) is 6.08 Å². The Morgan fingerprint density at radius 3 is 2.32 bits per heavy atom. The maximum atomic E-state index is 12.3. The highest BCUT2D eigenvalue weighted by molar-refractivity contribution is 6.67. The molecule has 0 saturated heterocycles. The SMILES string of the molecule is O=C(O)CC(CC(Cl)(Cl)Cl)C1=C(C=Cc2ccccc2)C(=O)CC1=O. The lowest BCUT2D eigenvalue weighted by Crippen LogP contribution is -2.20. The molecule has 1 aromatic carbocycles. The van der Waals surface area contributed by atoms with E-state index in [0.717, 1.165) is 5.56 Å². The smallest absolute Gasteiger partial charge is 0.303 e. The van der Waals surface area contributed by atoms with Crippen LogP contribution >= 0.6 is 34.8 Å². The van der Waals surface area contributed by atoms with Crippen LogP contribution in [0.2, 0.25) is 0 Å². The van der Waals surface area contributed by atoms with E-state index in [-0.39, 0.29) is 29.8 Å². The molecule has 0 radical (unpaired) electrons. The third kappa shape index (κ3) is 5.70. The molecule has 0 spiro atoms. The third-order valence-electron chi connectivity index (χ3n) is 3.76. The van der Waals surface area contributed by atoms with Gasteiger partial charge < -0.3 is 5.11 Å². The second-order valence-electron chi connectivity index (χ2n) is 5.71. The van der Waals surface area contributed by atoms with Crippen molar-refractivity contribution in [3.05, 3.63) is 53.1 Å². The van der Waals surface area contributed by atoms with Gasteiger partial charge in [-0.25, -0.2) is 0 Å². The lowest BCUT2D eigenvalue weighted by atomic mass is 9.89. The first-order valence-electron chi connectivity index (χ1n) is 7.49. The largest absolute Gasteiger partial charge is 0.481 e. The fraction of sp³-hybridized carbons (Fsp3) is 0.278. The van der Waals surface area contributed by atoms with Crippen molar-refractivity contribution < 1.29 is 19.5 Å². The van der Waals surface area contributed by atoms with Crippen LogP contribution in [0.4, 0.5) is 0 Å². The highest BCUT2D eigenvalue weighted by Gasteiger charge is 2.38. The summed E-state index contributed by atoms with van der Waals surface area (Å²) in [5.74, 6) is -2.75. The summed E-state index contributed by atoms with van der Waals surface area (Å²) < 4.78 is -1.73. The predicted octanol–water partition coefficient (Wildman–Crippen LogP) is 4.39. The van der Waals surface area contributed by atoms with E-state index in [0.29, 0.717) is 0 Å². The first-order chi connectivity index (χ1) is 11.7. The van der Waals surface area contributed by atoms with Crippen LogP contribution in [0.15, 0.2) is 47.6 Å². The normalized spacial score (nSPS) is 16.8. The highest BCUT2D eigenvalue weighted by atomic mass is 35.6. The van der Waals surface area contributed by atoms with Crippen LogP contribution in [0, 0.1) is 5.92 Å². The number of carbonyl (C=O) groups is 3. The van der Waals surface area contributed by atoms with Crippen LogP contribution < -0.4 is 0 Å². The zero-order chi connectivity index (χ0) is 18.6. The average Bonchev–Trinajstić information content (AvgIpc) is 2.77. The topological polar surface area (TPSA) is 71.4 Å². The van der Waals surface area contributed by atoms with Crippen LogP contribution in [-0.2, 0) is 14.4 Å². The minimum absolute atomic E-state index is 0.130. The number of carboxylic acid groups (broad SMARTS) is 1. The number of hydrogen-bond donors (Lipinski definition) is 1. The number of halogens is 3. The van der Waals surface area contributed by atoms with Gasteiger partial charge in [0, 0.05) is 23.5 Å². The quantitative estimate of drug-likeness (QED) is 0.567. The number of benzene rings is 1. The molecule has 1 unspecified atom stereocenters. The van der Waals surface area contributed by atoms with Crippen molar-refractivity contribution in [2.45, 2.75) is 23.1 Å². The number of hydrogen-bond acceptors (Lipinski definition) is 3. The van der Waals surface area contributed by atoms with Gasteiger partial charge in [-0.1, -0.05) is 77.3 Å². The molecule has 0 fully saturated rings. The summed E-state index contributed by atoms with van der Waals surface area (Å²) in [4.78, 5) is 35.6. The zero-order valence-corrected chi connectivity index (χ0v) is 15.3. The molecule has 0 aliphatic heterocycles. The Morgan fingerprint density at radius 1 is 1.12 bits per heavy atom. The van der Waals surface area contributed by atoms with Gasteiger partial charge in [-0.3, -0.25) is 14.4 Å². The fourth-order valence-electron chi connectivity index (χ4n) is 2.78. The van der Waals surface area contributed by atoms with Crippen LogP contribution in [0.1, 0.15) is 24.8 Å². The lowest BCUT2D eigenvalue weighted by Gasteiger charge is -2.21. The van der Waals surface area contributed by atoms with Gasteiger partial charge in [0.25, 0.3) is 0 Å². The maximum absolute atomic E-state index is 12.3. The van der Waals surface area contributed by atoms with Gasteiger partial charge in [0.2, 0.25) is 0 Å². The van der Waals surface area contributed by atoms with Crippen molar-refractivity contribution in [1.29, 1.82) is 0 Å². The van der Waals surface area contributed by atoms with E-state index in [2.05, 4.69) is 0 Å². The van der Waals surface area contributed by atoms with Crippen molar-refractivity contribution in [3.8, 4) is 0 Å². The molecule has 1 aliphatic carbocycles. The van der Waals surface area contributed by atoms with E-state index in [1.807, 2.05) is 30.3 Å². The zero-order valence-electron chi connectivity index (χ0n) is 13.0. The summed E-state index contributed by atoms with van der Waals surface area (Å²) in [6.07, 6.45) is 2.37. The summed E-state index contributed by atoms with van der Waals surface area (Å²) in [7, 11) is 0. The molecule has 7 heteroatoms. The molecular formula is C18H15Cl3O4. The number of aliphatic carboxylic acids is 1. The Bertz CT molecular complexity index is 745. The van der Waals surface area contributed by atoms with Gasteiger partial charge in [-0.15, -0.1) is 0 Å². The van der Waals surface area contributed by atoms with E-state index in [1.54, 1.807) is 6.08 Å². The van der Waals surface area contributed by atoms with Crippen molar-refractivity contribution >= 4 is 58.4 Å². The van der Waals surface area contributed by atoms with Gasteiger partial charge in [0.1, 0.15) is 0 Å². The van der Waals surface area contributed by atoms with Gasteiger partial charge in [-0.05, 0) is 5.56 Å². The van der Waals surface area contributed by atoms with Gasteiger partial charge >= 0.3 is 5.97 Å². The Kier molecular flexibility index (Phi) is 6.44. The van der Waals surface area contributed by atoms with Gasteiger partial charge in [0.05, 0.1) is 12.8 Å². The van der Waals surface area contributed by atoms with Crippen LogP contribution in [0.25, 0.3) is 6.08 Å². The standard InChI is InChI=1S/C18H15Cl3O4/c19-18(20,21)10-12(8-16(24)25)17-13(14(22)9-15(17)23)7-6-11-4-2-1-3-5-11/h1-7,12H,8-10H2,(H,24,25). The molecule has 4 nitrogen and oxygen atoms in total. The van der Waals surface area contributed by atoms with Crippen molar-refractivity contribution in [2.75, 3.05) is 0 Å². The Labute approximate surface area is 160 Å². The number of rotatable bonds is 6. The van der Waals surface area contributed by atoms with Crippen molar-refractivity contribution in [1.82, 2.24) is 0 Å². The summed E-state index contributed by atoms with van der Waals surface area (Å²) >= 11 is 17.4. The van der Waals surface area contributed by atoms with Crippen molar-refractivity contribution in [2.24, 2.45) is 5.92 Å². The lowest BCUT2D eigenvalue weighted by molar-refractivity contribution is -0.137. The molecule has 1 atom stereocenters. The van der Waals surface area contributed by atoms with E-state index in [9.17, 15) is 14.4 Å². The molecular weight excluding hydrogens is 387 g/mol. The van der Waals surface area contributed by atoms with Gasteiger partial charge in [0.15, 0.2) is 15.4 Å². The molecule has 1 aliphatic rings. The van der Waals surface area contributed by atoms with Crippen LogP contribution in [0.3, 0.4) is 0 Å². The molecule has 0 bridgehead atoms. The maximum Gasteiger partial charge on any atom is 0.303 e. The first kappa shape index (κ1) is 19.7. The summed E-state index contributed by atoms with van der Waals surface area (Å²) in [5.41, 5.74) is 1.16. The number of carbonyl (C=O) groups excluding carboxylic acids is 2. The summed E-state index contributed by atoms with van der Waals surface area (Å²) in [6, 6.07) is 9.22. The molecule has 1 aromatic rings. The van der Waals surface area contributed by atoms with E-state index in [4.69, 9.17) is 39.9 Å². The fourth-order valence-corrected chi connectivity index (χ4v) is 3.34. The molecule has 2 rings (SSSR count). The van der Waals surface area contributed by atoms with E-state index < -0.39 is 27.9 Å². The van der Waals surface area contributed by atoms with E-state index >= 15 is 0 Å². The molecule has 0 aromatic heterocycles.